The van der Waals surface area contributed by atoms with E-state index in [1.54, 1.807) is 18.2 Å². The standard InChI is InChI=1S/C24H19N5O/c1-14-23-18(16-11-15-5-2-3-7-21(15)27-13-16)6-4-8-22(23)29(28-14)17-9-10-19(24(26)30)20(25)12-17/h2-13H,25H2,1H3,(H2,26,30). The summed E-state index contributed by atoms with van der Waals surface area (Å²) in [6, 6.07) is 21.5. The van der Waals surface area contributed by atoms with Gasteiger partial charge in [0.15, 0.2) is 0 Å². The monoisotopic (exact) mass is 393 g/mol. The van der Waals surface area contributed by atoms with Crippen molar-refractivity contribution in [3.8, 4) is 16.8 Å². The molecule has 0 fully saturated rings. The molecule has 0 bridgehead atoms. The van der Waals surface area contributed by atoms with E-state index in [9.17, 15) is 4.79 Å². The number of nitrogens with zero attached hydrogens (tertiary/aromatic N) is 3. The summed E-state index contributed by atoms with van der Waals surface area (Å²) in [5.74, 6) is -0.549. The Hall–Kier alpha value is -4.19. The van der Waals surface area contributed by atoms with Crippen molar-refractivity contribution in [2.24, 2.45) is 5.73 Å². The highest BCUT2D eigenvalue weighted by molar-refractivity contribution is 6.00. The van der Waals surface area contributed by atoms with Crippen LogP contribution in [-0.2, 0) is 0 Å². The van der Waals surface area contributed by atoms with Gasteiger partial charge in [-0.25, -0.2) is 4.68 Å². The fraction of sp³-hybridized carbons (Fsp3) is 0.0417. The number of fused-ring (bicyclic) bond motifs is 2. The summed E-state index contributed by atoms with van der Waals surface area (Å²) in [4.78, 5) is 16.1. The van der Waals surface area contributed by atoms with Crippen LogP contribution in [-0.4, -0.2) is 20.7 Å². The smallest absolute Gasteiger partial charge is 0.250 e. The topological polar surface area (TPSA) is 99.8 Å². The Kier molecular flexibility index (Phi) is 3.99. The van der Waals surface area contributed by atoms with Crippen molar-refractivity contribution < 1.29 is 4.79 Å². The quantitative estimate of drug-likeness (QED) is 0.448. The van der Waals surface area contributed by atoms with Gasteiger partial charge < -0.3 is 11.5 Å². The van der Waals surface area contributed by atoms with Gasteiger partial charge in [-0.2, -0.15) is 5.10 Å². The number of rotatable bonds is 3. The highest BCUT2D eigenvalue weighted by Crippen LogP contribution is 2.33. The van der Waals surface area contributed by atoms with Crippen LogP contribution in [0.4, 0.5) is 5.69 Å². The number of aryl methyl sites for hydroxylation is 1. The van der Waals surface area contributed by atoms with Crippen molar-refractivity contribution in [3.05, 3.63) is 84.2 Å². The average Bonchev–Trinajstić information content (AvgIpc) is 3.10. The van der Waals surface area contributed by atoms with E-state index in [0.29, 0.717) is 11.3 Å². The molecule has 2 heterocycles. The van der Waals surface area contributed by atoms with Gasteiger partial charge in [0, 0.05) is 28.2 Å². The highest BCUT2D eigenvalue weighted by Gasteiger charge is 2.15. The van der Waals surface area contributed by atoms with Gasteiger partial charge in [-0.3, -0.25) is 9.78 Å². The van der Waals surface area contributed by atoms with Crippen molar-refractivity contribution in [1.82, 2.24) is 14.8 Å². The zero-order valence-electron chi connectivity index (χ0n) is 16.3. The lowest BCUT2D eigenvalue weighted by Crippen LogP contribution is -2.13. The van der Waals surface area contributed by atoms with Crippen LogP contribution in [0.1, 0.15) is 16.1 Å². The number of carbonyl (C=O) groups is 1. The van der Waals surface area contributed by atoms with E-state index < -0.39 is 5.91 Å². The van der Waals surface area contributed by atoms with Gasteiger partial charge in [-0.15, -0.1) is 0 Å². The van der Waals surface area contributed by atoms with Gasteiger partial charge in [0.05, 0.1) is 28.0 Å². The summed E-state index contributed by atoms with van der Waals surface area (Å²) >= 11 is 0. The van der Waals surface area contributed by atoms with E-state index in [-0.39, 0.29) is 0 Å². The van der Waals surface area contributed by atoms with E-state index >= 15 is 0 Å². The van der Waals surface area contributed by atoms with Crippen LogP contribution in [0.15, 0.2) is 72.9 Å². The molecule has 2 aromatic heterocycles. The van der Waals surface area contributed by atoms with Crippen LogP contribution in [0.25, 0.3) is 38.6 Å². The van der Waals surface area contributed by atoms with Crippen molar-refractivity contribution in [3.63, 3.8) is 0 Å². The molecule has 0 radical (unpaired) electrons. The number of para-hydroxylation sites is 1. The molecule has 0 saturated carbocycles. The summed E-state index contributed by atoms with van der Waals surface area (Å²) < 4.78 is 1.84. The summed E-state index contributed by atoms with van der Waals surface area (Å²) in [7, 11) is 0. The third kappa shape index (κ3) is 2.78. The fourth-order valence-electron chi connectivity index (χ4n) is 3.91. The first-order valence-electron chi connectivity index (χ1n) is 9.56. The number of hydrogen-bond donors (Lipinski definition) is 2. The Bertz CT molecular complexity index is 1450. The maximum atomic E-state index is 11.5. The van der Waals surface area contributed by atoms with Crippen LogP contribution < -0.4 is 11.5 Å². The molecule has 1 amide bonds. The Morgan fingerprint density at radius 3 is 2.63 bits per heavy atom. The predicted octanol–water partition coefficient (Wildman–Crippen LogP) is 4.23. The molecule has 5 rings (SSSR count). The molecule has 0 aliphatic carbocycles. The number of hydrogen-bond acceptors (Lipinski definition) is 4. The van der Waals surface area contributed by atoms with Gasteiger partial charge >= 0.3 is 0 Å². The van der Waals surface area contributed by atoms with Crippen LogP contribution in [0.2, 0.25) is 0 Å². The lowest BCUT2D eigenvalue weighted by Gasteiger charge is -2.09. The van der Waals surface area contributed by atoms with Gasteiger partial charge in [0.2, 0.25) is 0 Å². The third-order valence-corrected chi connectivity index (χ3v) is 5.33. The van der Waals surface area contributed by atoms with Gasteiger partial charge in [0.1, 0.15) is 0 Å². The molecule has 4 N–H and O–H groups in total. The fourth-order valence-corrected chi connectivity index (χ4v) is 3.91. The van der Waals surface area contributed by atoms with Crippen molar-refractivity contribution in [2.75, 3.05) is 5.73 Å². The second kappa shape index (κ2) is 6.70. The van der Waals surface area contributed by atoms with E-state index in [1.165, 1.54) is 0 Å². The summed E-state index contributed by atoms with van der Waals surface area (Å²) in [6.45, 7) is 1.98. The second-order valence-electron chi connectivity index (χ2n) is 7.25. The summed E-state index contributed by atoms with van der Waals surface area (Å²) in [6.07, 6.45) is 1.90. The Morgan fingerprint density at radius 1 is 1.00 bits per heavy atom. The molecular formula is C24H19N5O. The molecular weight excluding hydrogens is 374 g/mol. The van der Waals surface area contributed by atoms with Crippen molar-refractivity contribution in [1.29, 1.82) is 0 Å². The molecule has 0 aliphatic rings. The SMILES string of the molecule is Cc1nn(-c2ccc(C(N)=O)c(N)c2)c2cccc(-c3cnc4ccccc4c3)c12. The lowest BCUT2D eigenvalue weighted by atomic mass is 10.0. The molecule has 0 saturated heterocycles. The van der Waals surface area contributed by atoms with Crippen LogP contribution in [0, 0.1) is 6.92 Å². The van der Waals surface area contributed by atoms with E-state index in [4.69, 9.17) is 16.6 Å². The Morgan fingerprint density at radius 2 is 1.83 bits per heavy atom. The second-order valence-corrected chi connectivity index (χ2v) is 7.25. The van der Waals surface area contributed by atoms with E-state index in [0.717, 1.165) is 44.3 Å². The molecule has 6 heteroatoms. The van der Waals surface area contributed by atoms with E-state index in [2.05, 4.69) is 23.2 Å². The largest absolute Gasteiger partial charge is 0.398 e. The molecule has 0 spiro atoms. The zero-order chi connectivity index (χ0) is 20.8. The third-order valence-electron chi connectivity index (χ3n) is 5.33. The maximum Gasteiger partial charge on any atom is 0.250 e. The molecule has 30 heavy (non-hydrogen) atoms. The zero-order valence-corrected chi connectivity index (χ0v) is 16.3. The molecule has 5 aromatic rings. The molecule has 146 valence electrons. The first-order chi connectivity index (χ1) is 14.5. The molecule has 0 atom stereocenters. The number of primary amides is 1. The molecule has 6 nitrogen and oxygen atoms in total. The minimum Gasteiger partial charge on any atom is -0.398 e. The van der Waals surface area contributed by atoms with E-state index in [1.807, 2.05) is 48.1 Å². The van der Waals surface area contributed by atoms with Gasteiger partial charge in [-0.05, 0) is 48.9 Å². The van der Waals surface area contributed by atoms with Crippen molar-refractivity contribution in [2.45, 2.75) is 6.92 Å². The first kappa shape index (κ1) is 17.9. The maximum absolute atomic E-state index is 11.5. The predicted molar refractivity (Wildman–Crippen MR) is 119 cm³/mol. The summed E-state index contributed by atoms with van der Waals surface area (Å²) in [5.41, 5.74) is 17.7. The minimum absolute atomic E-state index is 0.301. The first-order valence-corrected chi connectivity index (χ1v) is 9.56. The van der Waals surface area contributed by atoms with Crippen LogP contribution in [0.3, 0.4) is 0 Å². The van der Waals surface area contributed by atoms with Gasteiger partial charge in [-0.1, -0.05) is 30.3 Å². The highest BCUT2D eigenvalue weighted by atomic mass is 16.1. The number of anilines is 1. The number of nitrogens with two attached hydrogens (primary N) is 2. The molecule has 0 aliphatic heterocycles. The normalized spacial score (nSPS) is 11.2. The summed E-state index contributed by atoms with van der Waals surface area (Å²) in [5, 5.41) is 6.89. The number of benzene rings is 3. The minimum atomic E-state index is -0.549. The molecule has 3 aromatic carbocycles. The number of amides is 1. The van der Waals surface area contributed by atoms with Crippen LogP contribution in [0.5, 0.6) is 0 Å². The average molecular weight is 393 g/mol. The number of carbonyl (C=O) groups excluding carboxylic acids is 1. The Labute approximate surface area is 172 Å². The lowest BCUT2D eigenvalue weighted by molar-refractivity contribution is 0.100. The number of aromatic nitrogens is 3. The van der Waals surface area contributed by atoms with Crippen LogP contribution >= 0.6 is 0 Å². The Balaban J connectivity index is 1.71. The number of nitrogen functional groups attached to an aromatic ring is 1. The number of pyridine rings is 1. The van der Waals surface area contributed by atoms with Gasteiger partial charge in [0.25, 0.3) is 5.91 Å². The van der Waals surface area contributed by atoms with Crippen molar-refractivity contribution >= 4 is 33.4 Å². The molecule has 0 unspecified atom stereocenters.